The zero-order chi connectivity index (χ0) is 16.8. The summed E-state index contributed by atoms with van der Waals surface area (Å²) in [7, 11) is 0. The molecule has 0 saturated carbocycles. The second kappa shape index (κ2) is 5.15. The first kappa shape index (κ1) is 15.6. The number of fused-ring (bicyclic) bond motifs is 1. The number of nitrogens with zero attached hydrogens (tertiary/aromatic N) is 2. The molecule has 2 heterocycles. The molecule has 0 spiro atoms. The van der Waals surface area contributed by atoms with Crippen molar-refractivity contribution in [3.63, 3.8) is 0 Å². The van der Waals surface area contributed by atoms with Crippen LogP contribution in [0.25, 0.3) is 10.9 Å². The van der Waals surface area contributed by atoms with Crippen LogP contribution in [0.5, 0.6) is 0 Å². The molecule has 0 aliphatic carbocycles. The Morgan fingerprint density at radius 3 is 2.70 bits per heavy atom. The Balaban J connectivity index is 2.01. The normalized spacial score (nSPS) is 19.7. The molecule has 1 saturated heterocycles. The monoisotopic (exact) mass is 320 g/mol. The van der Waals surface area contributed by atoms with Crippen LogP contribution in [0.2, 0.25) is 0 Å². The minimum Gasteiger partial charge on any atom is -0.478 e. The van der Waals surface area contributed by atoms with Gasteiger partial charge in [-0.05, 0) is 24.3 Å². The van der Waals surface area contributed by atoms with Crippen LogP contribution in [0.15, 0.2) is 30.5 Å². The van der Waals surface area contributed by atoms with Gasteiger partial charge in [0.05, 0.1) is 11.1 Å². The number of carboxylic acid groups (broad SMARTS) is 1. The van der Waals surface area contributed by atoms with Crippen molar-refractivity contribution in [2.45, 2.75) is 26.2 Å². The van der Waals surface area contributed by atoms with E-state index >= 15 is 0 Å². The first-order valence-corrected chi connectivity index (χ1v) is 7.46. The summed E-state index contributed by atoms with van der Waals surface area (Å²) >= 11 is 0. The molecule has 0 amide bonds. The summed E-state index contributed by atoms with van der Waals surface area (Å²) in [5.41, 5.74) is 0.357. The Kier molecular flexibility index (Phi) is 3.50. The highest BCUT2D eigenvalue weighted by molar-refractivity contribution is 6.03. The van der Waals surface area contributed by atoms with E-state index in [0.717, 1.165) is 5.69 Å². The van der Waals surface area contributed by atoms with Gasteiger partial charge >= 0.3 is 5.97 Å². The number of benzene rings is 1. The number of aromatic nitrogens is 1. The summed E-state index contributed by atoms with van der Waals surface area (Å²) in [6.45, 7) is 3.58. The molecule has 2 aromatic rings. The predicted molar refractivity (Wildman–Crippen MR) is 84.3 cm³/mol. The maximum Gasteiger partial charge on any atom is 0.336 e. The largest absolute Gasteiger partial charge is 0.478 e. The molecule has 0 radical (unpaired) electrons. The third kappa shape index (κ3) is 2.62. The second-order valence-electron chi connectivity index (χ2n) is 6.63. The standard InChI is InChI=1S/C17H18F2N2O2/c1-16(2)10-21(8-6-17(16,18)19)11-3-4-14-13(9-11)12(15(22)23)5-7-20-14/h3-5,7,9H,6,8,10H2,1-2H3,(H,22,23). The van der Waals surface area contributed by atoms with Gasteiger partial charge in [0.25, 0.3) is 5.92 Å². The molecule has 122 valence electrons. The molecule has 1 aliphatic heterocycles. The summed E-state index contributed by atoms with van der Waals surface area (Å²) in [6.07, 6.45) is 1.24. The molecule has 0 bridgehead atoms. The molecular weight excluding hydrogens is 302 g/mol. The molecule has 1 N–H and O–H groups in total. The number of halogens is 2. The summed E-state index contributed by atoms with van der Waals surface area (Å²) in [4.78, 5) is 17.4. The molecule has 6 heteroatoms. The van der Waals surface area contributed by atoms with Crippen LogP contribution in [-0.2, 0) is 0 Å². The highest BCUT2D eigenvalue weighted by Crippen LogP contribution is 2.44. The zero-order valence-electron chi connectivity index (χ0n) is 13.0. The van der Waals surface area contributed by atoms with Gasteiger partial charge in [-0.25, -0.2) is 13.6 Å². The number of hydrogen-bond acceptors (Lipinski definition) is 3. The van der Waals surface area contributed by atoms with E-state index in [1.165, 1.54) is 12.3 Å². The molecule has 3 rings (SSSR count). The summed E-state index contributed by atoms with van der Waals surface area (Å²) in [6, 6.07) is 6.71. The third-order valence-corrected chi connectivity index (χ3v) is 4.59. The van der Waals surface area contributed by atoms with Crippen molar-refractivity contribution in [1.29, 1.82) is 0 Å². The van der Waals surface area contributed by atoms with Gasteiger partial charge in [0, 0.05) is 42.2 Å². The molecule has 1 aromatic heterocycles. The number of rotatable bonds is 2. The van der Waals surface area contributed by atoms with Crippen LogP contribution in [0.3, 0.4) is 0 Å². The lowest BCUT2D eigenvalue weighted by Gasteiger charge is -2.45. The molecule has 4 nitrogen and oxygen atoms in total. The first-order chi connectivity index (χ1) is 10.7. The Morgan fingerprint density at radius 1 is 1.30 bits per heavy atom. The Hall–Kier alpha value is -2.24. The van der Waals surface area contributed by atoms with Crippen molar-refractivity contribution >= 4 is 22.6 Å². The second-order valence-corrected chi connectivity index (χ2v) is 6.63. The summed E-state index contributed by atoms with van der Waals surface area (Å²) in [5.74, 6) is -3.73. The van der Waals surface area contributed by atoms with E-state index in [0.29, 0.717) is 10.9 Å². The maximum absolute atomic E-state index is 14.0. The Morgan fingerprint density at radius 2 is 2.04 bits per heavy atom. The molecule has 1 aromatic carbocycles. The van der Waals surface area contributed by atoms with Gasteiger partial charge in [-0.2, -0.15) is 0 Å². The lowest BCUT2D eigenvalue weighted by atomic mass is 9.80. The van der Waals surface area contributed by atoms with E-state index in [9.17, 15) is 18.7 Å². The van der Waals surface area contributed by atoms with Gasteiger partial charge in [-0.1, -0.05) is 13.8 Å². The average Bonchev–Trinajstić information content (AvgIpc) is 2.48. The maximum atomic E-state index is 14.0. The quantitative estimate of drug-likeness (QED) is 0.914. The van der Waals surface area contributed by atoms with E-state index in [4.69, 9.17) is 0 Å². The van der Waals surface area contributed by atoms with Crippen molar-refractivity contribution < 1.29 is 18.7 Å². The van der Waals surface area contributed by atoms with Gasteiger partial charge in [-0.15, -0.1) is 0 Å². The van der Waals surface area contributed by atoms with Gasteiger partial charge < -0.3 is 10.0 Å². The number of piperidine rings is 1. The lowest BCUT2D eigenvalue weighted by Crippen LogP contribution is -2.52. The molecule has 0 unspecified atom stereocenters. The number of carboxylic acids is 1. The fourth-order valence-electron chi connectivity index (χ4n) is 3.02. The number of hydrogen-bond donors (Lipinski definition) is 1. The average molecular weight is 320 g/mol. The zero-order valence-corrected chi connectivity index (χ0v) is 13.0. The van der Waals surface area contributed by atoms with Gasteiger partial charge in [0.15, 0.2) is 0 Å². The number of carbonyl (C=O) groups is 1. The SMILES string of the molecule is CC1(C)CN(c2ccc3nccc(C(=O)O)c3c2)CCC1(F)F. The highest BCUT2D eigenvalue weighted by Gasteiger charge is 2.50. The van der Waals surface area contributed by atoms with E-state index in [1.807, 2.05) is 4.90 Å². The van der Waals surface area contributed by atoms with Gasteiger partial charge in [0.1, 0.15) is 0 Å². The van der Waals surface area contributed by atoms with Crippen molar-refractivity contribution in [3.8, 4) is 0 Å². The predicted octanol–water partition coefficient (Wildman–Crippen LogP) is 3.80. The minimum atomic E-state index is -2.70. The van der Waals surface area contributed by atoms with Crippen LogP contribution in [-0.4, -0.2) is 35.1 Å². The van der Waals surface area contributed by atoms with E-state index in [2.05, 4.69) is 4.98 Å². The first-order valence-electron chi connectivity index (χ1n) is 7.46. The fourth-order valence-corrected chi connectivity index (χ4v) is 3.02. The van der Waals surface area contributed by atoms with Crippen LogP contribution >= 0.6 is 0 Å². The van der Waals surface area contributed by atoms with Crippen LogP contribution < -0.4 is 4.90 Å². The van der Waals surface area contributed by atoms with E-state index in [-0.39, 0.29) is 25.1 Å². The molecule has 0 atom stereocenters. The van der Waals surface area contributed by atoms with Crippen molar-refractivity contribution in [1.82, 2.24) is 4.98 Å². The van der Waals surface area contributed by atoms with Crippen molar-refractivity contribution in [3.05, 3.63) is 36.0 Å². The molecule has 23 heavy (non-hydrogen) atoms. The van der Waals surface area contributed by atoms with Gasteiger partial charge in [-0.3, -0.25) is 4.98 Å². The van der Waals surface area contributed by atoms with Gasteiger partial charge in [0.2, 0.25) is 0 Å². The topological polar surface area (TPSA) is 53.4 Å². The number of anilines is 1. The Labute approximate surface area is 132 Å². The summed E-state index contributed by atoms with van der Waals surface area (Å²) in [5, 5.41) is 9.82. The van der Waals surface area contributed by atoms with Crippen LogP contribution in [0.1, 0.15) is 30.6 Å². The van der Waals surface area contributed by atoms with E-state index in [1.54, 1.807) is 32.0 Å². The lowest BCUT2D eigenvalue weighted by molar-refractivity contribution is -0.117. The van der Waals surface area contributed by atoms with Crippen molar-refractivity contribution in [2.24, 2.45) is 5.41 Å². The summed E-state index contributed by atoms with van der Waals surface area (Å²) < 4.78 is 28.0. The smallest absolute Gasteiger partial charge is 0.336 e. The minimum absolute atomic E-state index is 0.165. The Bertz CT molecular complexity index is 774. The van der Waals surface area contributed by atoms with E-state index < -0.39 is 17.3 Å². The number of pyridine rings is 1. The molecular formula is C17H18F2N2O2. The van der Waals surface area contributed by atoms with Crippen molar-refractivity contribution in [2.75, 3.05) is 18.0 Å². The number of aromatic carboxylic acids is 1. The number of alkyl halides is 2. The fraction of sp³-hybridized carbons (Fsp3) is 0.412. The third-order valence-electron chi connectivity index (χ3n) is 4.59. The molecule has 1 aliphatic rings. The van der Waals surface area contributed by atoms with Crippen LogP contribution in [0.4, 0.5) is 14.5 Å². The highest BCUT2D eigenvalue weighted by atomic mass is 19.3. The molecule has 1 fully saturated rings. The van der Waals surface area contributed by atoms with Crippen LogP contribution in [0, 0.1) is 5.41 Å².